The Morgan fingerprint density at radius 1 is 1.02 bits per heavy atom. The van der Waals surface area contributed by atoms with Crippen LogP contribution in [0.1, 0.15) is 49.8 Å². The molecule has 3 N–H and O–H groups in total. The second-order valence-electron chi connectivity index (χ2n) is 9.90. The third kappa shape index (κ3) is 7.92. The normalized spacial score (nSPS) is 19.5. The molecule has 9 heteroatoms. The summed E-state index contributed by atoms with van der Waals surface area (Å²) in [6.45, 7) is 1.75. The van der Waals surface area contributed by atoms with E-state index in [9.17, 15) is 21.6 Å². The first-order valence-electron chi connectivity index (χ1n) is 13.1. The van der Waals surface area contributed by atoms with Gasteiger partial charge in [0.05, 0.1) is 5.69 Å². The number of rotatable bonds is 8. The summed E-state index contributed by atoms with van der Waals surface area (Å²) in [5, 5.41) is 1.02. The van der Waals surface area contributed by atoms with E-state index in [4.69, 9.17) is 5.73 Å². The predicted molar refractivity (Wildman–Crippen MR) is 153 cm³/mol. The Balaban J connectivity index is 1.70. The van der Waals surface area contributed by atoms with E-state index >= 15 is 0 Å². The van der Waals surface area contributed by atoms with Gasteiger partial charge in [0, 0.05) is 34.8 Å². The fourth-order valence-corrected chi connectivity index (χ4v) is 5.85. The van der Waals surface area contributed by atoms with Gasteiger partial charge in [0.25, 0.3) is 0 Å². The average Bonchev–Trinajstić information content (AvgIpc) is 3.12. The maximum absolute atomic E-state index is 14.7. The fraction of sp³-hybridized carbons (Fsp3) is 0.258. The first kappa shape index (κ1) is 29.3. The zero-order chi connectivity index (χ0) is 28.7. The Morgan fingerprint density at radius 3 is 2.42 bits per heavy atom. The van der Waals surface area contributed by atoms with Gasteiger partial charge in [-0.1, -0.05) is 48.9 Å². The lowest BCUT2D eigenvalue weighted by molar-refractivity contribution is 0.576. The molecule has 5 nitrogen and oxygen atoms in total. The number of allylic oxidation sites excluding steroid dienone is 2. The summed E-state index contributed by atoms with van der Waals surface area (Å²) in [4.78, 5) is 4.61. The standard InChI is InChI=1S/C31H32F3N3O2S/c1-21(23-7-3-2-4-8-23)37-40(38,39)18-17-29(35)27-10-6-5-9-24(19-22-11-13-25(32)14-12-22)31(27)36-30-16-15-26(33)20-28(30)34/h2-4,7-8,11-18,20-21,24,37H,5-6,9-10,19,35H2,1H3/b18-17+,29-27-,36-31?/t21-,24?/m0/s1. The first-order chi connectivity index (χ1) is 19.1. The molecule has 1 saturated carbocycles. The van der Waals surface area contributed by atoms with Crippen LogP contribution in [-0.4, -0.2) is 14.1 Å². The molecular weight excluding hydrogens is 535 g/mol. The molecular formula is C31H32F3N3O2S. The van der Waals surface area contributed by atoms with Crippen LogP contribution >= 0.6 is 0 Å². The van der Waals surface area contributed by atoms with Crippen LogP contribution in [0.15, 0.2) is 101 Å². The van der Waals surface area contributed by atoms with Crippen LogP contribution in [0.3, 0.4) is 0 Å². The van der Waals surface area contributed by atoms with Crippen molar-refractivity contribution in [3.05, 3.63) is 124 Å². The van der Waals surface area contributed by atoms with Gasteiger partial charge in [0.1, 0.15) is 11.6 Å². The Morgan fingerprint density at radius 2 is 1.73 bits per heavy atom. The third-order valence-corrected chi connectivity index (χ3v) is 8.06. The lowest BCUT2D eigenvalue weighted by atomic mass is 9.88. The summed E-state index contributed by atoms with van der Waals surface area (Å²) >= 11 is 0. The largest absolute Gasteiger partial charge is 0.398 e. The van der Waals surface area contributed by atoms with E-state index in [2.05, 4.69) is 9.71 Å². The number of nitrogens with zero attached hydrogens (tertiary/aromatic N) is 1. The van der Waals surface area contributed by atoms with Gasteiger partial charge in [0.15, 0.2) is 5.82 Å². The molecule has 3 aromatic rings. The smallest absolute Gasteiger partial charge is 0.234 e. The van der Waals surface area contributed by atoms with Crippen LogP contribution in [0.5, 0.6) is 0 Å². The highest BCUT2D eigenvalue weighted by molar-refractivity contribution is 7.92. The Bertz CT molecular complexity index is 1520. The van der Waals surface area contributed by atoms with E-state index in [-0.39, 0.29) is 23.1 Å². The molecule has 0 bridgehead atoms. The van der Waals surface area contributed by atoms with Crippen molar-refractivity contribution in [2.24, 2.45) is 16.6 Å². The lowest BCUT2D eigenvalue weighted by Crippen LogP contribution is -2.25. The summed E-state index contributed by atoms with van der Waals surface area (Å²) in [7, 11) is -3.85. The van der Waals surface area contributed by atoms with Crippen molar-refractivity contribution in [3.8, 4) is 0 Å². The molecule has 3 aromatic carbocycles. The van der Waals surface area contributed by atoms with E-state index < -0.39 is 27.7 Å². The molecule has 0 heterocycles. The van der Waals surface area contributed by atoms with E-state index in [1.807, 2.05) is 30.3 Å². The quantitative estimate of drug-likeness (QED) is 0.287. The minimum absolute atomic E-state index is 0.0392. The SMILES string of the molecule is C[C@H](NS(=O)(=O)/C=C/C(N)=C1\CCCCC(Cc2ccc(F)cc2)C1=Nc1ccc(F)cc1F)c1ccccc1. The monoisotopic (exact) mass is 567 g/mol. The molecule has 210 valence electrons. The Kier molecular flexibility index (Phi) is 9.60. The fourth-order valence-electron chi connectivity index (χ4n) is 4.82. The summed E-state index contributed by atoms with van der Waals surface area (Å²) in [6, 6.07) is 18.0. The zero-order valence-electron chi connectivity index (χ0n) is 22.2. The van der Waals surface area contributed by atoms with Gasteiger partial charge in [0.2, 0.25) is 10.0 Å². The molecule has 0 aromatic heterocycles. The number of hydrogen-bond acceptors (Lipinski definition) is 4. The van der Waals surface area contributed by atoms with Crippen LogP contribution < -0.4 is 10.5 Å². The second-order valence-corrected chi connectivity index (χ2v) is 11.5. The number of sulfonamides is 1. The van der Waals surface area contributed by atoms with Crippen LogP contribution in [0.25, 0.3) is 0 Å². The molecule has 1 unspecified atom stereocenters. The molecule has 4 rings (SSSR count). The maximum Gasteiger partial charge on any atom is 0.234 e. The summed E-state index contributed by atoms with van der Waals surface area (Å²) in [6.07, 6.45) is 4.65. The minimum Gasteiger partial charge on any atom is -0.398 e. The summed E-state index contributed by atoms with van der Waals surface area (Å²) in [5.74, 6) is -2.08. The molecule has 0 radical (unpaired) electrons. The third-order valence-electron chi connectivity index (χ3n) is 6.89. The molecule has 1 fully saturated rings. The molecule has 0 amide bonds. The van der Waals surface area contributed by atoms with Crippen LogP contribution in [-0.2, 0) is 16.4 Å². The summed E-state index contributed by atoms with van der Waals surface area (Å²) < 4.78 is 70.0. The second kappa shape index (κ2) is 13.1. The first-order valence-corrected chi connectivity index (χ1v) is 14.7. The van der Waals surface area contributed by atoms with Gasteiger partial charge in [-0.05, 0) is 79.6 Å². The van der Waals surface area contributed by atoms with E-state index in [0.29, 0.717) is 30.5 Å². The van der Waals surface area contributed by atoms with Crippen molar-refractivity contribution >= 4 is 21.4 Å². The molecule has 40 heavy (non-hydrogen) atoms. The number of hydrogen-bond donors (Lipinski definition) is 2. The highest BCUT2D eigenvalue weighted by Crippen LogP contribution is 2.32. The number of halogens is 3. The van der Waals surface area contributed by atoms with Gasteiger partial charge in [-0.2, -0.15) is 0 Å². The van der Waals surface area contributed by atoms with Crippen LogP contribution in [0.4, 0.5) is 18.9 Å². The molecule has 1 aliphatic rings. The molecule has 0 saturated heterocycles. The summed E-state index contributed by atoms with van der Waals surface area (Å²) in [5.41, 5.74) is 9.43. The maximum atomic E-state index is 14.7. The van der Waals surface area contributed by atoms with Crippen molar-refractivity contribution in [2.75, 3.05) is 0 Å². The Labute approximate surface area is 233 Å². The number of benzene rings is 3. The van der Waals surface area contributed by atoms with E-state index in [0.717, 1.165) is 41.5 Å². The van der Waals surface area contributed by atoms with Gasteiger partial charge in [-0.3, -0.25) is 0 Å². The van der Waals surface area contributed by atoms with Gasteiger partial charge in [-0.15, -0.1) is 0 Å². The van der Waals surface area contributed by atoms with Crippen LogP contribution in [0, 0.1) is 23.4 Å². The van der Waals surface area contributed by atoms with E-state index in [1.54, 1.807) is 19.1 Å². The number of nitrogens with two attached hydrogens (primary N) is 1. The van der Waals surface area contributed by atoms with E-state index in [1.165, 1.54) is 24.3 Å². The van der Waals surface area contributed by atoms with Gasteiger partial charge < -0.3 is 5.73 Å². The molecule has 2 atom stereocenters. The van der Waals surface area contributed by atoms with Crippen molar-refractivity contribution in [1.29, 1.82) is 0 Å². The highest BCUT2D eigenvalue weighted by Gasteiger charge is 2.26. The predicted octanol–water partition coefficient (Wildman–Crippen LogP) is 7.02. The molecule has 1 aliphatic carbocycles. The van der Waals surface area contributed by atoms with Crippen LogP contribution in [0.2, 0.25) is 0 Å². The molecule has 0 spiro atoms. The van der Waals surface area contributed by atoms with Crippen molar-refractivity contribution in [3.63, 3.8) is 0 Å². The minimum atomic E-state index is -3.85. The zero-order valence-corrected chi connectivity index (χ0v) is 23.0. The number of nitrogens with one attached hydrogen (secondary N) is 1. The van der Waals surface area contributed by atoms with Crippen molar-refractivity contribution < 1.29 is 21.6 Å². The lowest BCUT2D eigenvalue weighted by Gasteiger charge is -2.20. The topological polar surface area (TPSA) is 84.5 Å². The molecule has 0 aliphatic heterocycles. The van der Waals surface area contributed by atoms with Crippen molar-refractivity contribution in [2.45, 2.75) is 45.1 Å². The van der Waals surface area contributed by atoms with Crippen molar-refractivity contribution in [1.82, 2.24) is 4.72 Å². The van der Waals surface area contributed by atoms with Gasteiger partial charge >= 0.3 is 0 Å². The number of aliphatic imine (C=N–C) groups is 1. The Hall–Kier alpha value is -3.69. The van der Waals surface area contributed by atoms with Gasteiger partial charge in [-0.25, -0.2) is 31.3 Å². The average molecular weight is 568 g/mol. The highest BCUT2D eigenvalue weighted by atomic mass is 32.2.